The average molecular weight is 478 g/mol. The Morgan fingerprint density at radius 2 is 2.00 bits per heavy atom. The van der Waals surface area contributed by atoms with Crippen molar-refractivity contribution in [2.45, 2.75) is 63.4 Å². The summed E-state index contributed by atoms with van der Waals surface area (Å²) in [4.78, 5) is 32.1. The summed E-state index contributed by atoms with van der Waals surface area (Å²) in [6.07, 6.45) is 7.92. The van der Waals surface area contributed by atoms with Gasteiger partial charge in [-0.25, -0.2) is 0 Å². The highest BCUT2D eigenvalue weighted by atomic mass is 32.2. The van der Waals surface area contributed by atoms with Gasteiger partial charge in [-0.1, -0.05) is 61.5 Å². The molecule has 2 aromatic carbocycles. The van der Waals surface area contributed by atoms with Crippen molar-refractivity contribution >= 4 is 29.3 Å². The Kier molecular flexibility index (Phi) is 8.46. The molecule has 1 fully saturated rings. The smallest absolute Gasteiger partial charge is 0.265 e. The highest BCUT2D eigenvalue weighted by Gasteiger charge is 2.29. The number of carbonyl (C=O) groups excluding carboxylic acids is 2. The van der Waals surface area contributed by atoms with Crippen LogP contribution in [0.15, 0.2) is 64.4 Å². The van der Waals surface area contributed by atoms with Crippen LogP contribution in [0.5, 0.6) is 0 Å². The van der Waals surface area contributed by atoms with E-state index in [0.717, 1.165) is 29.1 Å². The molecule has 0 aromatic heterocycles. The SMILES string of the molecule is CC=C1Sc2ccc(C(=O)NCCCN3CCCCC3CC)cc2N(Cc2ccccc2)C1=O. The Labute approximate surface area is 207 Å². The van der Waals surface area contributed by atoms with E-state index in [2.05, 4.69) is 17.1 Å². The second kappa shape index (κ2) is 11.7. The lowest BCUT2D eigenvalue weighted by atomic mass is 10.00. The standard InChI is InChI=1S/C28H35N3O2S/c1-3-23-13-8-9-17-30(23)18-10-16-29-27(32)22-14-15-26-24(19-22)31(28(33)25(4-2)34-26)20-21-11-6-5-7-12-21/h4-7,11-12,14-15,19,23H,3,8-10,13,16-18,20H2,1-2H3,(H,29,32). The average Bonchev–Trinajstić information content (AvgIpc) is 2.88. The molecule has 34 heavy (non-hydrogen) atoms. The lowest BCUT2D eigenvalue weighted by Crippen LogP contribution is -2.40. The van der Waals surface area contributed by atoms with Gasteiger partial charge in [0.25, 0.3) is 11.8 Å². The Hall–Kier alpha value is -2.57. The van der Waals surface area contributed by atoms with Crippen molar-refractivity contribution in [3.8, 4) is 0 Å². The normalized spacial score (nSPS) is 19.8. The molecule has 0 radical (unpaired) electrons. The number of hydrogen-bond donors (Lipinski definition) is 1. The van der Waals surface area contributed by atoms with Gasteiger partial charge in [-0.3, -0.25) is 9.59 Å². The van der Waals surface area contributed by atoms with Crippen LogP contribution < -0.4 is 10.2 Å². The van der Waals surface area contributed by atoms with Crippen LogP contribution in [-0.2, 0) is 11.3 Å². The van der Waals surface area contributed by atoms with E-state index in [-0.39, 0.29) is 11.8 Å². The number of nitrogens with one attached hydrogen (secondary N) is 1. The van der Waals surface area contributed by atoms with Crippen LogP contribution in [0.3, 0.4) is 0 Å². The number of allylic oxidation sites excluding steroid dienone is 1. The van der Waals surface area contributed by atoms with Gasteiger partial charge >= 0.3 is 0 Å². The fourth-order valence-electron chi connectivity index (χ4n) is 4.87. The Bertz CT molecular complexity index is 1040. The van der Waals surface area contributed by atoms with E-state index in [1.165, 1.54) is 44.0 Å². The van der Waals surface area contributed by atoms with E-state index in [9.17, 15) is 9.59 Å². The number of thioether (sulfide) groups is 1. The third kappa shape index (κ3) is 5.73. The van der Waals surface area contributed by atoms with Gasteiger partial charge in [-0.2, -0.15) is 0 Å². The van der Waals surface area contributed by atoms with Crippen molar-refractivity contribution in [3.05, 3.63) is 70.6 Å². The molecule has 1 unspecified atom stereocenters. The van der Waals surface area contributed by atoms with Crippen LogP contribution in [0.2, 0.25) is 0 Å². The summed E-state index contributed by atoms with van der Waals surface area (Å²) in [6.45, 7) is 7.50. The zero-order chi connectivity index (χ0) is 23.9. The first-order valence-corrected chi connectivity index (χ1v) is 13.3. The molecule has 2 aliphatic heterocycles. The minimum Gasteiger partial charge on any atom is -0.352 e. The Balaban J connectivity index is 1.42. The van der Waals surface area contributed by atoms with Crippen molar-refractivity contribution in [1.29, 1.82) is 0 Å². The summed E-state index contributed by atoms with van der Waals surface area (Å²) >= 11 is 1.47. The molecule has 4 rings (SSSR count). The number of nitrogens with zero attached hydrogens (tertiary/aromatic N) is 2. The molecule has 1 N–H and O–H groups in total. The summed E-state index contributed by atoms with van der Waals surface area (Å²) < 4.78 is 0. The molecule has 6 heteroatoms. The van der Waals surface area contributed by atoms with Crippen molar-refractivity contribution in [3.63, 3.8) is 0 Å². The van der Waals surface area contributed by atoms with Gasteiger partial charge in [0.15, 0.2) is 0 Å². The van der Waals surface area contributed by atoms with E-state index < -0.39 is 0 Å². The first-order valence-electron chi connectivity index (χ1n) is 12.5. The molecule has 2 amide bonds. The molecule has 180 valence electrons. The topological polar surface area (TPSA) is 52.7 Å². The third-order valence-electron chi connectivity index (χ3n) is 6.76. The van der Waals surface area contributed by atoms with Crippen LogP contribution in [0, 0.1) is 0 Å². The van der Waals surface area contributed by atoms with Gasteiger partial charge in [0.05, 0.1) is 17.1 Å². The lowest BCUT2D eigenvalue weighted by Gasteiger charge is -2.35. The zero-order valence-corrected chi connectivity index (χ0v) is 21.1. The monoisotopic (exact) mass is 477 g/mol. The van der Waals surface area contributed by atoms with Gasteiger partial charge < -0.3 is 15.1 Å². The summed E-state index contributed by atoms with van der Waals surface area (Å²) in [5.74, 6) is -0.101. The van der Waals surface area contributed by atoms with Gasteiger partial charge in [-0.15, -0.1) is 0 Å². The molecule has 2 aromatic rings. The molecular weight excluding hydrogens is 442 g/mol. The summed E-state index contributed by atoms with van der Waals surface area (Å²) in [5, 5.41) is 3.09. The Morgan fingerprint density at radius 3 is 2.76 bits per heavy atom. The van der Waals surface area contributed by atoms with E-state index >= 15 is 0 Å². The molecular formula is C28H35N3O2S. The predicted molar refractivity (Wildman–Crippen MR) is 140 cm³/mol. The van der Waals surface area contributed by atoms with E-state index in [4.69, 9.17) is 0 Å². The molecule has 0 spiro atoms. The van der Waals surface area contributed by atoms with Crippen LogP contribution in [-0.4, -0.2) is 42.4 Å². The maximum Gasteiger partial charge on any atom is 0.265 e. The van der Waals surface area contributed by atoms with Gasteiger partial charge in [0.2, 0.25) is 0 Å². The molecule has 1 atom stereocenters. The minimum absolute atomic E-state index is 0.0200. The Morgan fingerprint density at radius 1 is 1.18 bits per heavy atom. The summed E-state index contributed by atoms with van der Waals surface area (Å²) in [6, 6.07) is 16.3. The zero-order valence-electron chi connectivity index (χ0n) is 20.3. The van der Waals surface area contributed by atoms with Crippen molar-refractivity contribution < 1.29 is 9.59 Å². The van der Waals surface area contributed by atoms with Gasteiger partial charge in [-0.05, 0) is 62.9 Å². The van der Waals surface area contributed by atoms with Crippen molar-refractivity contribution in [2.24, 2.45) is 0 Å². The van der Waals surface area contributed by atoms with Crippen LogP contribution in [0.1, 0.15) is 61.9 Å². The van der Waals surface area contributed by atoms with E-state index in [1.54, 1.807) is 4.90 Å². The van der Waals surface area contributed by atoms with Crippen LogP contribution in [0.4, 0.5) is 5.69 Å². The van der Waals surface area contributed by atoms with Gasteiger partial charge in [0, 0.05) is 29.6 Å². The molecule has 2 aliphatic rings. The largest absolute Gasteiger partial charge is 0.352 e. The molecule has 0 bridgehead atoms. The highest BCUT2D eigenvalue weighted by molar-refractivity contribution is 8.04. The number of benzene rings is 2. The molecule has 0 saturated carbocycles. The first-order chi connectivity index (χ1) is 16.6. The second-order valence-electron chi connectivity index (χ2n) is 9.02. The third-order valence-corrected chi connectivity index (χ3v) is 7.96. The van der Waals surface area contributed by atoms with E-state index in [1.807, 2.05) is 61.5 Å². The molecule has 1 saturated heterocycles. The number of fused-ring (bicyclic) bond motifs is 1. The first kappa shape index (κ1) is 24.6. The maximum atomic E-state index is 13.1. The highest BCUT2D eigenvalue weighted by Crippen LogP contribution is 2.42. The van der Waals surface area contributed by atoms with Gasteiger partial charge in [0.1, 0.15) is 0 Å². The van der Waals surface area contributed by atoms with Crippen molar-refractivity contribution in [2.75, 3.05) is 24.5 Å². The van der Waals surface area contributed by atoms with Crippen molar-refractivity contribution in [1.82, 2.24) is 10.2 Å². The molecule has 2 heterocycles. The minimum atomic E-state index is -0.0811. The number of anilines is 1. The number of likely N-dealkylation sites (tertiary alicyclic amines) is 1. The molecule has 5 nitrogen and oxygen atoms in total. The number of hydrogen-bond acceptors (Lipinski definition) is 4. The summed E-state index contributed by atoms with van der Waals surface area (Å²) in [7, 11) is 0. The number of amides is 2. The summed E-state index contributed by atoms with van der Waals surface area (Å²) in [5.41, 5.74) is 2.46. The fraction of sp³-hybridized carbons (Fsp3) is 0.429. The quantitative estimate of drug-likeness (QED) is 0.396. The predicted octanol–water partition coefficient (Wildman–Crippen LogP) is 5.61. The van der Waals surface area contributed by atoms with Crippen LogP contribution >= 0.6 is 11.8 Å². The molecule has 0 aliphatic carbocycles. The maximum absolute atomic E-state index is 13.1. The van der Waals surface area contributed by atoms with Crippen LogP contribution in [0.25, 0.3) is 0 Å². The second-order valence-corrected chi connectivity index (χ2v) is 10.1. The number of carbonyl (C=O) groups is 2. The number of piperidine rings is 1. The fourth-order valence-corrected chi connectivity index (χ4v) is 5.83. The number of rotatable bonds is 8. The van der Waals surface area contributed by atoms with E-state index in [0.29, 0.717) is 29.6 Å². The lowest BCUT2D eigenvalue weighted by molar-refractivity contribution is -0.114.